The Hall–Kier alpha value is -0.410. The number of Topliss-reactive ketones (excluding diaryl/α,β-unsaturated/α-hetero) is 1. The maximum Gasteiger partial charge on any atom is 0.141 e. The highest BCUT2D eigenvalue weighted by molar-refractivity contribution is 5.90. The van der Waals surface area contributed by atoms with E-state index in [1.807, 2.05) is 0 Å². The summed E-state index contributed by atoms with van der Waals surface area (Å²) in [6, 6.07) is 0. The van der Waals surface area contributed by atoms with Crippen LogP contribution in [0.25, 0.3) is 0 Å². The van der Waals surface area contributed by atoms with Crippen molar-refractivity contribution in [1.29, 1.82) is 0 Å². The lowest BCUT2D eigenvalue weighted by Crippen LogP contribution is -2.70. The SMILES string of the molecule is C[C@@H]1C[C@H]2CC(=O)[C@]34C[C@@H](O)CN5CC3C[C@H]2[C@@]54C1. The Morgan fingerprint density at radius 1 is 1.26 bits per heavy atom. The predicted octanol–water partition coefficient (Wildman–Crippen LogP) is 1.45. The lowest BCUT2D eigenvalue weighted by Gasteiger charge is -2.62. The van der Waals surface area contributed by atoms with Gasteiger partial charge in [-0.3, -0.25) is 9.69 Å². The van der Waals surface area contributed by atoms with E-state index in [1.165, 1.54) is 19.3 Å². The van der Waals surface area contributed by atoms with Gasteiger partial charge < -0.3 is 5.11 Å². The Labute approximate surface area is 114 Å². The number of hydrogen-bond acceptors (Lipinski definition) is 3. The van der Waals surface area contributed by atoms with E-state index in [1.54, 1.807) is 0 Å². The summed E-state index contributed by atoms with van der Waals surface area (Å²) in [7, 11) is 0. The molecule has 2 unspecified atom stereocenters. The van der Waals surface area contributed by atoms with Gasteiger partial charge in [0.2, 0.25) is 0 Å². The van der Waals surface area contributed by atoms with Crippen LogP contribution in [0.2, 0.25) is 0 Å². The van der Waals surface area contributed by atoms with Crippen LogP contribution < -0.4 is 0 Å². The lowest BCUT2D eigenvalue weighted by atomic mass is 9.48. The second-order valence-corrected chi connectivity index (χ2v) is 8.13. The van der Waals surface area contributed by atoms with Crippen molar-refractivity contribution in [2.24, 2.45) is 29.1 Å². The van der Waals surface area contributed by atoms with E-state index < -0.39 is 0 Å². The number of rotatable bonds is 0. The van der Waals surface area contributed by atoms with E-state index in [0.29, 0.717) is 17.6 Å². The first-order valence-electron chi connectivity index (χ1n) is 8.04. The van der Waals surface area contributed by atoms with Gasteiger partial charge in [0.25, 0.3) is 0 Å². The van der Waals surface area contributed by atoms with Crippen LogP contribution in [0.1, 0.15) is 39.0 Å². The van der Waals surface area contributed by atoms with Crippen LogP contribution in [0.3, 0.4) is 0 Å². The molecule has 1 spiro atoms. The number of piperidine rings is 2. The van der Waals surface area contributed by atoms with E-state index in [9.17, 15) is 9.90 Å². The van der Waals surface area contributed by atoms with Gasteiger partial charge in [0.05, 0.1) is 11.5 Å². The molecule has 2 saturated heterocycles. The van der Waals surface area contributed by atoms with E-state index >= 15 is 0 Å². The molecule has 19 heavy (non-hydrogen) atoms. The summed E-state index contributed by atoms with van der Waals surface area (Å²) >= 11 is 0. The number of aliphatic hydroxyl groups excluding tert-OH is 1. The number of aliphatic hydroxyl groups is 1. The van der Waals surface area contributed by atoms with E-state index in [0.717, 1.165) is 37.8 Å². The molecule has 0 aromatic rings. The van der Waals surface area contributed by atoms with E-state index in [4.69, 9.17) is 0 Å². The quantitative estimate of drug-likeness (QED) is 0.717. The average Bonchev–Trinajstić information content (AvgIpc) is 2.62. The zero-order valence-corrected chi connectivity index (χ0v) is 11.6. The maximum absolute atomic E-state index is 13.0. The molecule has 5 aliphatic rings. The van der Waals surface area contributed by atoms with Crippen LogP contribution in [-0.4, -0.2) is 40.5 Å². The van der Waals surface area contributed by atoms with Crippen molar-refractivity contribution in [3.8, 4) is 0 Å². The maximum atomic E-state index is 13.0. The van der Waals surface area contributed by atoms with Gasteiger partial charge in [-0.25, -0.2) is 0 Å². The van der Waals surface area contributed by atoms with Crippen LogP contribution >= 0.6 is 0 Å². The summed E-state index contributed by atoms with van der Waals surface area (Å²) in [6.07, 6.45) is 5.05. The second kappa shape index (κ2) is 3.09. The summed E-state index contributed by atoms with van der Waals surface area (Å²) in [6.45, 7) is 4.28. The molecule has 1 N–H and O–H groups in total. The summed E-state index contributed by atoms with van der Waals surface area (Å²) in [5, 5.41) is 10.2. The first kappa shape index (κ1) is 11.3. The van der Waals surface area contributed by atoms with Gasteiger partial charge >= 0.3 is 0 Å². The molecule has 2 heterocycles. The molecule has 0 radical (unpaired) electrons. The third kappa shape index (κ3) is 0.964. The minimum absolute atomic E-state index is 0.152. The minimum atomic E-state index is -0.271. The molecule has 3 nitrogen and oxygen atoms in total. The number of carbonyl (C=O) groups excluding carboxylic acids is 1. The van der Waals surface area contributed by atoms with Crippen molar-refractivity contribution < 1.29 is 9.90 Å². The number of β-amino-alcohol motifs (C(OH)–C–C–N with tert-alkyl or cyclic N) is 1. The van der Waals surface area contributed by atoms with Crippen LogP contribution in [0.15, 0.2) is 0 Å². The molecule has 6 bridgehead atoms. The van der Waals surface area contributed by atoms with Crippen molar-refractivity contribution in [2.45, 2.75) is 50.7 Å². The van der Waals surface area contributed by atoms with Crippen molar-refractivity contribution in [3.05, 3.63) is 0 Å². The van der Waals surface area contributed by atoms with Gasteiger partial charge in [-0.05, 0) is 49.4 Å². The van der Waals surface area contributed by atoms with Gasteiger partial charge in [0, 0.05) is 25.0 Å². The summed E-state index contributed by atoms with van der Waals surface area (Å²) in [5.74, 6) is 3.23. The second-order valence-electron chi connectivity index (χ2n) is 8.13. The van der Waals surface area contributed by atoms with Crippen LogP contribution in [0.4, 0.5) is 0 Å². The summed E-state index contributed by atoms with van der Waals surface area (Å²) in [5.41, 5.74) is 0.00900. The van der Waals surface area contributed by atoms with Gasteiger partial charge in [-0.2, -0.15) is 0 Å². The molecule has 5 fully saturated rings. The monoisotopic (exact) mass is 261 g/mol. The lowest BCUT2D eigenvalue weighted by molar-refractivity contribution is -0.170. The van der Waals surface area contributed by atoms with Crippen molar-refractivity contribution in [3.63, 3.8) is 0 Å². The molecule has 2 aliphatic heterocycles. The molecule has 0 aromatic carbocycles. The minimum Gasteiger partial charge on any atom is -0.392 e. The Balaban J connectivity index is 1.76. The zero-order valence-electron chi connectivity index (χ0n) is 11.6. The zero-order chi connectivity index (χ0) is 13.0. The molecule has 3 saturated carbocycles. The Morgan fingerprint density at radius 2 is 2.11 bits per heavy atom. The third-order valence-corrected chi connectivity index (χ3v) is 7.49. The number of hydrogen-bond donors (Lipinski definition) is 1. The van der Waals surface area contributed by atoms with Gasteiger partial charge in [-0.1, -0.05) is 6.92 Å². The van der Waals surface area contributed by atoms with Gasteiger partial charge in [-0.15, -0.1) is 0 Å². The highest BCUT2D eigenvalue weighted by Crippen LogP contribution is 2.74. The molecular formula is C16H23NO2. The Kier molecular flexibility index (Phi) is 1.83. The average molecular weight is 261 g/mol. The molecule has 5 rings (SSSR count). The normalized spacial score (nSPS) is 65.5. The van der Waals surface area contributed by atoms with E-state index in [2.05, 4.69) is 11.8 Å². The van der Waals surface area contributed by atoms with Crippen molar-refractivity contribution in [1.82, 2.24) is 4.90 Å². The van der Waals surface area contributed by atoms with Gasteiger partial charge in [0.15, 0.2) is 0 Å². The molecule has 0 aromatic heterocycles. The highest BCUT2D eigenvalue weighted by atomic mass is 16.3. The fourth-order valence-electron chi connectivity index (χ4n) is 7.40. The summed E-state index contributed by atoms with van der Waals surface area (Å²) < 4.78 is 0. The van der Waals surface area contributed by atoms with Crippen LogP contribution in [-0.2, 0) is 4.79 Å². The fraction of sp³-hybridized carbons (Fsp3) is 0.938. The molecule has 104 valence electrons. The largest absolute Gasteiger partial charge is 0.392 e. The number of nitrogens with zero attached hydrogens (tertiary/aromatic N) is 1. The third-order valence-electron chi connectivity index (χ3n) is 7.49. The Bertz CT molecular complexity index is 477. The molecule has 8 atom stereocenters. The standard InChI is InChI=1S/C16H23NO2/c1-9-2-10-3-14(19)15-6-12(18)8-17-7-11(15)4-13(10)16(15,17)5-9/h9-13,18H,2-8H2,1H3/t9-,10+,11?,12-,13-,15+,16-/m1/s1. The van der Waals surface area contributed by atoms with E-state index in [-0.39, 0.29) is 17.1 Å². The predicted molar refractivity (Wildman–Crippen MR) is 70.5 cm³/mol. The van der Waals surface area contributed by atoms with Crippen LogP contribution in [0.5, 0.6) is 0 Å². The first-order valence-corrected chi connectivity index (χ1v) is 8.04. The molecular weight excluding hydrogens is 238 g/mol. The molecule has 0 amide bonds. The highest BCUT2D eigenvalue weighted by Gasteiger charge is 2.80. The number of carbonyl (C=O) groups is 1. The molecule has 3 heteroatoms. The van der Waals surface area contributed by atoms with Crippen LogP contribution in [0, 0.1) is 29.1 Å². The topological polar surface area (TPSA) is 40.5 Å². The fourth-order valence-corrected chi connectivity index (χ4v) is 7.40. The first-order chi connectivity index (χ1) is 9.08. The smallest absolute Gasteiger partial charge is 0.141 e. The summed E-state index contributed by atoms with van der Waals surface area (Å²) in [4.78, 5) is 15.5. The van der Waals surface area contributed by atoms with Gasteiger partial charge in [0.1, 0.15) is 5.78 Å². The molecule has 3 aliphatic carbocycles. The Morgan fingerprint density at radius 3 is 2.95 bits per heavy atom. The van der Waals surface area contributed by atoms with Crippen molar-refractivity contribution >= 4 is 5.78 Å². The van der Waals surface area contributed by atoms with Crippen molar-refractivity contribution in [2.75, 3.05) is 13.1 Å². The number of ketones is 1.